The third-order valence-corrected chi connectivity index (χ3v) is 2.45. The van der Waals surface area contributed by atoms with Gasteiger partial charge in [-0.3, -0.25) is 4.79 Å². The second-order valence-electron chi connectivity index (χ2n) is 3.15. The van der Waals surface area contributed by atoms with Crippen LogP contribution >= 0.6 is 15.9 Å². The molecule has 0 atom stereocenters. The van der Waals surface area contributed by atoms with Crippen molar-refractivity contribution in [2.24, 2.45) is 0 Å². The van der Waals surface area contributed by atoms with Crippen molar-refractivity contribution >= 4 is 21.7 Å². The molecule has 0 saturated heterocycles. The van der Waals surface area contributed by atoms with Gasteiger partial charge in [-0.25, -0.2) is 8.78 Å². The third-order valence-electron chi connectivity index (χ3n) is 1.92. The van der Waals surface area contributed by atoms with Crippen LogP contribution in [-0.4, -0.2) is 18.1 Å². The van der Waals surface area contributed by atoms with E-state index in [4.69, 9.17) is 0 Å². The maximum atomic E-state index is 12.6. The molecule has 16 heavy (non-hydrogen) atoms. The van der Waals surface area contributed by atoms with Crippen LogP contribution in [0, 0.1) is 0 Å². The number of benzene rings is 1. The number of rotatable bonds is 4. The molecule has 0 N–H and O–H groups in total. The summed E-state index contributed by atoms with van der Waals surface area (Å²) in [5.41, 5.74) is 0.272. The molecular formula is C10H7BrF4O. The van der Waals surface area contributed by atoms with Gasteiger partial charge in [0.25, 0.3) is 0 Å². The van der Waals surface area contributed by atoms with Crippen molar-refractivity contribution < 1.29 is 22.4 Å². The average molecular weight is 299 g/mol. The summed E-state index contributed by atoms with van der Waals surface area (Å²) in [6.45, 7) is 0. The van der Waals surface area contributed by atoms with E-state index in [9.17, 15) is 22.4 Å². The minimum atomic E-state index is -4.58. The van der Waals surface area contributed by atoms with E-state index in [0.717, 1.165) is 0 Å². The van der Waals surface area contributed by atoms with Crippen molar-refractivity contribution in [2.45, 2.75) is 18.8 Å². The Bertz CT molecular complexity index is 375. The maximum absolute atomic E-state index is 12.6. The molecule has 0 amide bonds. The fourth-order valence-electron chi connectivity index (χ4n) is 1.03. The lowest BCUT2D eigenvalue weighted by atomic mass is 10.1. The highest BCUT2D eigenvalue weighted by Crippen LogP contribution is 2.25. The number of Topliss-reactive ketones (excluding diaryl/α,β-unsaturated/α-hetero) is 1. The van der Waals surface area contributed by atoms with Gasteiger partial charge in [-0.05, 0) is 17.7 Å². The molecule has 0 saturated carbocycles. The zero-order valence-electron chi connectivity index (χ0n) is 7.89. The number of hydrogen-bond donors (Lipinski definition) is 0. The summed E-state index contributed by atoms with van der Waals surface area (Å²) in [4.78, 5) is 10.9. The number of carbonyl (C=O) groups is 1. The van der Waals surface area contributed by atoms with Gasteiger partial charge in [-0.15, -0.1) is 0 Å². The number of halogens is 5. The summed E-state index contributed by atoms with van der Waals surface area (Å²) in [7, 11) is 0. The molecule has 0 aromatic heterocycles. The van der Waals surface area contributed by atoms with E-state index >= 15 is 0 Å². The van der Waals surface area contributed by atoms with E-state index in [1.54, 1.807) is 12.1 Å². The standard InChI is InChI=1S/C10H7BrF4O/c11-7-3-1-6(2-4-7)5-8(16)10(14,15)9(12)13/h1-4,9H,5H2. The summed E-state index contributed by atoms with van der Waals surface area (Å²) in [5, 5.41) is 0. The molecule has 1 nitrogen and oxygen atoms in total. The Morgan fingerprint density at radius 1 is 1.25 bits per heavy atom. The van der Waals surface area contributed by atoms with Crippen LogP contribution < -0.4 is 0 Å². The second-order valence-corrected chi connectivity index (χ2v) is 4.07. The molecule has 88 valence electrons. The Labute approximate surface area is 97.6 Å². The molecule has 6 heteroatoms. The van der Waals surface area contributed by atoms with Crippen LogP contribution in [0.1, 0.15) is 5.56 Å². The summed E-state index contributed by atoms with van der Waals surface area (Å²) in [6, 6.07) is 5.93. The predicted octanol–water partition coefficient (Wildman–Crippen LogP) is 3.46. The largest absolute Gasteiger partial charge is 0.364 e. The van der Waals surface area contributed by atoms with Crippen LogP contribution in [0.2, 0.25) is 0 Å². The molecule has 0 aliphatic heterocycles. The highest BCUT2D eigenvalue weighted by Gasteiger charge is 2.47. The van der Waals surface area contributed by atoms with Crippen molar-refractivity contribution in [3.8, 4) is 0 Å². The van der Waals surface area contributed by atoms with Crippen LogP contribution in [0.5, 0.6) is 0 Å². The zero-order chi connectivity index (χ0) is 12.3. The summed E-state index contributed by atoms with van der Waals surface area (Å²) >= 11 is 3.12. The maximum Gasteiger partial charge on any atom is 0.364 e. The van der Waals surface area contributed by atoms with Gasteiger partial charge in [0, 0.05) is 10.9 Å². The van der Waals surface area contributed by atoms with E-state index in [2.05, 4.69) is 15.9 Å². The number of alkyl halides is 4. The average Bonchev–Trinajstić information content (AvgIpc) is 2.21. The number of ketones is 1. The summed E-state index contributed by atoms with van der Waals surface area (Å²) in [5.74, 6) is -6.35. The minimum absolute atomic E-state index is 0.272. The molecule has 1 rings (SSSR count). The Morgan fingerprint density at radius 3 is 2.19 bits per heavy atom. The normalized spacial score (nSPS) is 11.9. The zero-order valence-corrected chi connectivity index (χ0v) is 9.48. The van der Waals surface area contributed by atoms with Crippen molar-refractivity contribution in [1.82, 2.24) is 0 Å². The fraction of sp³-hybridized carbons (Fsp3) is 0.300. The first-order valence-electron chi connectivity index (χ1n) is 4.27. The van der Waals surface area contributed by atoms with Crippen LogP contribution in [0.3, 0.4) is 0 Å². The Kier molecular flexibility index (Phi) is 4.07. The molecule has 0 spiro atoms. The van der Waals surface area contributed by atoms with Crippen LogP contribution in [0.15, 0.2) is 28.7 Å². The molecule has 0 unspecified atom stereocenters. The van der Waals surface area contributed by atoms with E-state index in [1.807, 2.05) is 0 Å². The first kappa shape index (κ1) is 13.2. The van der Waals surface area contributed by atoms with E-state index in [-0.39, 0.29) is 5.56 Å². The molecule has 0 fully saturated rings. The van der Waals surface area contributed by atoms with Gasteiger partial charge in [0.2, 0.25) is 5.78 Å². The van der Waals surface area contributed by atoms with Gasteiger partial charge < -0.3 is 0 Å². The monoisotopic (exact) mass is 298 g/mol. The van der Waals surface area contributed by atoms with Gasteiger partial charge in [0.15, 0.2) is 0 Å². The topological polar surface area (TPSA) is 17.1 Å². The van der Waals surface area contributed by atoms with Gasteiger partial charge in [-0.1, -0.05) is 28.1 Å². The smallest absolute Gasteiger partial charge is 0.292 e. The van der Waals surface area contributed by atoms with Crippen molar-refractivity contribution in [1.29, 1.82) is 0 Å². The first-order chi connectivity index (χ1) is 7.34. The van der Waals surface area contributed by atoms with Crippen molar-refractivity contribution in [2.75, 3.05) is 0 Å². The fourth-order valence-corrected chi connectivity index (χ4v) is 1.29. The summed E-state index contributed by atoms with van der Waals surface area (Å²) < 4.78 is 49.6. The highest BCUT2D eigenvalue weighted by molar-refractivity contribution is 9.10. The minimum Gasteiger partial charge on any atom is -0.292 e. The highest BCUT2D eigenvalue weighted by atomic mass is 79.9. The second kappa shape index (κ2) is 4.95. The van der Waals surface area contributed by atoms with Gasteiger partial charge in [0.05, 0.1) is 0 Å². The van der Waals surface area contributed by atoms with Crippen molar-refractivity contribution in [3.63, 3.8) is 0 Å². The van der Waals surface area contributed by atoms with Gasteiger partial charge in [-0.2, -0.15) is 8.78 Å². The molecule has 0 aliphatic carbocycles. The van der Waals surface area contributed by atoms with Crippen LogP contribution in [0.25, 0.3) is 0 Å². The lowest BCUT2D eigenvalue weighted by Crippen LogP contribution is -2.37. The van der Waals surface area contributed by atoms with E-state index < -0.39 is 24.6 Å². The molecule has 0 radical (unpaired) electrons. The molecule has 0 bridgehead atoms. The number of hydrogen-bond acceptors (Lipinski definition) is 1. The molecule has 0 heterocycles. The SMILES string of the molecule is O=C(Cc1ccc(Br)cc1)C(F)(F)C(F)F. The molecule has 0 aliphatic rings. The first-order valence-corrected chi connectivity index (χ1v) is 5.07. The van der Waals surface area contributed by atoms with E-state index in [1.165, 1.54) is 12.1 Å². The molecule has 1 aromatic carbocycles. The summed E-state index contributed by atoms with van der Waals surface area (Å²) in [6.07, 6.45) is -4.67. The molecule has 1 aromatic rings. The van der Waals surface area contributed by atoms with Gasteiger partial charge in [0.1, 0.15) is 0 Å². The number of carbonyl (C=O) groups excluding carboxylic acids is 1. The molecular weight excluding hydrogens is 292 g/mol. The third kappa shape index (κ3) is 3.04. The lowest BCUT2D eigenvalue weighted by Gasteiger charge is -2.13. The van der Waals surface area contributed by atoms with E-state index in [0.29, 0.717) is 4.47 Å². The Hall–Kier alpha value is -0.910. The quantitative estimate of drug-likeness (QED) is 0.778. The Balaban J connectivity index is 2.75. The predicted molar refractivity (Wildman–Crippen MR) is 53.8 cm³/mol. The van der Waals surface area contributed by atoms with Crippen LogP contribution in [0.4, 0.5) is 17.6 Å². The van der Waals surface area contributed by atoms with Gasteiger partial charge >= 0.3 is 12.3 Å². The van der Waals surface area contributed by atoms with Crippen molar-refractivity contribution in [3.05, 3.63) is 34.3 Å². The Morgan fingerprint density at radius 2 is 1.75 bits per heavy atom. The van der Waals surface area contributed by atoms with Crippen LogP contribution in [-0.2, 0) is 11.2 Å². The lowest BCUT2D eigenvalue weighted by molar-refractivity contribution is -0.166.